The third-order valence-corrected chi connectivity index (χ3v) is 4.41. The van der Waals surface area contributed by atoms with Crippen molar-refractivity contribution in [3.63, 3.8) is 0 Å². The molecule has 0 fully saturated rings. The van der Waals surface area contributed by atoms with E-state index in [1.807, 2.05) is 33.8 Å². The van der Waals surface area contributed by atoms with Gasteiger partial charge in [0.05, 0.1) is 11.7 Å². The number of halogens is 2. The topological polar surface area (TPSA) is 67.2 Å². The third kappa shape index (κ3) is 4.65. The van der Waals surface area contributed by atoms with Crippen LogP contribution in [0.2, 0.25) is 10.0 Å². The van der Waals surface area contributed by atoms with Crippen molar-refractivity contribution in [3.05, 3.63) is 50.8 Å². The molecule has 0 spiro atoms. The normalized spacial score (nSPS) is 13.4. The minimum absolute atomic E-state index is 0.0605. The first kappa shape index (κ1) is 18.6. The van der Waals surface area contributed by atoms with Gasteiger partial charge in [0.25, 0.3) is 0 Å². The SMILES string of the molecule is Cc1noc(C)c1CC(C)NC(=O)NC(C)c1ccc(Cl)cc1Cl. The molecule has 130 valence electrons. The number of nitrogens with zero attached hydrogens (tertiary/aromatic N) is 1. The number of hydrogen-bond acceptors (Lipinski definition) is 3. The summed E-state index contributed by atoms with van der Waals surface area (Å²) in [4.78, 5) is 12.2. The van der Waals surface area contributed by atoms with Crippen LogP contribution in [0.1, 0.15) is 42.5 Å². The van der Waals surface area contributed by atoms with E-state index in [0.717, 1.165) is 22.6 Å². The lowest BCUT2D eigenvalue weighted by Crippen LogP contribution is -2.42. The van der Waals surface area contributed by atoms with Gasteiger partial charge in [0.1, 0.15) is 5.76 Å². The second-order valence-corrected chi connectivity index (χ2v) is 6.76. The number of aromatic nitrogens is 1. The van der Waals surface area contributed by atoms with E-state index in [9.17, 15) is 4.79 Å². The Kier molecular flexibility index (Phi) is 6.13. The highest BCUT2D eigenvalue weighted by atomic mass is 35.5. The smallest absolute Gasteiger partial charge is 0.315 e. The minimum Gasteiger partial charge on any atom is -0.361 e. The quantitative estimate of drug-likeness (QED) is 0.809. The Morgan fingerprint density at radius 3 is 2.54 bits per heavy atom. The molecule has 5 nitrogen and oxygen atoms in total. The molecular weight excluding hydrogens is 349 g/mol. The van der Waals surface area contributed by atoms with Crippen molar-refractivity contribution in [2.45, 2.75) is 46.2 Å². The molecular formula is C17H21Cl2N3O2. The van der Waals surface area contributed by atoms with Crippen LogP contribution >= 0.6 is 23.2 Å². The van der Waals surface area contributed by atoms with Gasteiger partial charge in [-0.15, -0.1) is 0 Å². The second kappa shape index (κ2) is 7.90. The molecule has 0 aliphatic rings. The van der Waals surface area contributed by atoms with Crippen molar-refractivity contribution in [2.75, 3.05) is 0 Å². The molecule has 2 aromatic rings. The van der Waals surface area contributed by atoms with Crippen molar-refractivity contribution in [1.82, 2.24) is 15.8 Å². The molecule has 1 aromatic heterocycles. The van der Waals surface area contributed by atoms with E-state index in [-0.39, 0.29) is 18.1 Å². The number of aryl methyl sites for hydroxylation is 2. The Labute approximate surface area is 151 Å². The van der Waals surface area contributed by atoms with Crippen molar-refractivity contribution < 1.29 is 9.32 Å². The van der Waals surface area contributed by atoms with E-state index in [0.29, 0.717) is 16.5 Å². The highest BCUT2D eigenvalue weighted by molar-refractivity contribution is 6.35. The lowest BCUT2D eigenvalue weighted by molar-refractivity contribution is 0.234. The third-order valence-electron chi connectivity index (χ3n) is 3.85. The zero-order valence-electron chi connectivity index (χ0n) is 14.1. The van der Waals surface area contributed by atoms with Gasteiger partial charge < -0.3 is 15.2 Å². The van der Waals surface area contributed by atoms with Crippen LogP contribution < -0.4 is 10.6 Å². The van der Waals surface area contributed by atoms with E-state index in [4.69, 9.17) is 27.7 Å². The van der Waals surface area contributed by atoms with Gasteiger partial charge in [-0.25, -0.2) is 4.79 Å². The zero-order chi connectivity index (χ0) is 17.9. The maximum Gasteiger partial charge on any atom is 0.315 e. The number of urea groups is 1. The van der Waals surface area contributed by atoms with Gasteiger partial charge in [-0.2, -0.15) is 0 Å². The number of nitrogens with one attached hydrogen (secondary N) is 2. The predicted molar refractivity (Wildman–Crippen MR) is 95.7 cm³/mol. The van der Waals surface area contributed by atoms with Gasteiger partial charge in [0.15, 0.2) is 0 Å². The fourth-order valence-electron chi connectivity index (χ4n) is 2.54. The highest BCUT2D eigenvalue weighted by Gasteiger charge is 2.17. The molecule has 0 bridgehead atoms. The Bertz CT molecular complexity index is 711. The lowest BCUT2D eigenvalue weighted by atomic mass is 10.1. The molecule has 2 unspecified atom stereocenters. The van der Waals surface area contributed by atoms with E-state index in [1.54, 1.807) is 12.1 Å². The predicted octanol–water partition coefficient (Wildman–Crippen LogP) is 4.59. The lowest BCUT2D eigenvalue weighted by Gasteiger charge is -2.19. The molecule has 0 aliphatic heterocycles. The van der Waals surface area contributed by atoms with Crippen LogP contribution in [0.15, 0.2) is 22.7 Å². The summed E-state index contributed by atoms with van der Waals surface area (Å²) in [5, 5.41) is 10.8. The number of benzene rings is 1. The van der Waals surface area contributed by atoms with Crippen LogP contribution in [0.5, 0.6) is 0 Å². The van der Waals surface area contributed by atoms with Gasteiger partial charge in [-0.1, -0.05) is 34.4 Å². The molecule has 0 radical (unpaired) electrons. The first-order chi connectivity index (χ1) is 11.3. The Balaban J connectivity index is 1.92. The standard InChI is InChI=1S/C17H21Cl2N3O2/c1-9(7-15-11(3)22-24-12(15)4)20-17(23)21-10(2)14-6-5-13(18)8-16(14)19/h5-6,8-10H,7H2,1-4H3,(H2,20,21,23). The van der Waals surface area contributed by atoms with Crippen LogP contribution in [-0.4, -0.2) is 17.2 Å². The number of carbonyl (C=O) groups is 1. The minimum atomic E-state index is -0.257. The van der Waals surface area contributed by atoms with Gasteiger partial charge in [0.2, 0.25) is 0 Å². The average molecular weight is 370 g/mol. The maximum absolute atomic E-state index is 12.2. The molecule has 0 saturated carbocycles. The van der Waals surface area contributed by atoms with E-state index in [1.165, 1.54) is 0 Å². The Morgan fingerprint density at radius 2 is 1.96 bits per heavy atom. The summed E-state index contributed by atoms with van der Waals surface area (Å²) in [7, 11) is 0. The van der Waals surface area contributed by atoms with Crippen molar-refractivity contribution in [1.29, 1.82) is 0 Å². The molecule has 24 heavy (non-hydrogen) atoms. The summed E-state index contributed by atoms with van der Waals surface area (Å²) in [6, 6.07) is 4.67. The molecule has 1 aromatic carbocycles. The van der Waals surface area contributed by atoms with Gasteiger partial charge in [-0.05, 0) is 51.8 Å². The Morgan fingerprint density at radius 1 is 1.25 bits per heavy atom. The van der Waals surface area contributed by atoms with E-state index >= 15 is 0 Å². The van der Waals surface area contributed by atoms with Crippen molar-refractivity contribution in [2.24, 2.45) is 0 Å². The van der Waals surface area contributed by atoms with Crippen LogP contribution in [0.3, 0.4) is 0 Å². The molecule has 2 amide bonds. The molecule has 0 saturated heterocycles. The first-order valence-corrected chi connectivity index (χ1v) is 8.47. The Hall–Kier alpha value is -1.72. The van der Waals surface area contributed by atoms with Gasteiger partial charge >= 0.3 is 6.03 Å². The molecule has 1 heterocycles. The van der Waals surface area contributed by atoms with Crippen molar-refractivity contribution in [3.8, 4) is 0 Å². The van der Waals surface area contributed by atoms with Gasteiger partial charge in [0, 0.05) is 21.7 Å². The summed E-state index contributed by atoms with van der Waals surface area (Å²) in [6.07, 6.45) is 0.657. The van der Waals surface area contributed by atoms with Crippen molar-refractivity contribution >= 4 is 29.2 Å². The molecule has 2 rings (SSSR count). The molecule has 7 heteroatoms. The monoisotopic (exact) mass is 369 g/mol. The van der Waals surface area contributed by atoms with E-state index in [2.05, 4.69) is 15.8 Å². The second-order valence-electron chi connectivity index (χ2n) is 5.91. The molecule has 2 atom stereocenters. The number of carbonyl (C=O) groups excluding carboxylic acids is 1. The number of amides is 2. The average Bonchev–Trinajstić information content (AvgIpc) is 2.78. The van der Waals surface area contributed by atoms with Crippen LogP contribution in [0.25, 0.3) is 0 Å². The summed E-state index contributed by atoms with van der Waals surface area (Å²) < 4.78 is 5.14. The molecule has 2 N–H and O–H groups in total. The van der Waals surface area contributed by atoms with Crippen LogP contribution in [0, 0.1) is 13.8 Å². The summed E-state index contributed by atoms with van der Waals surface area (Å²) in [5.41, 5.74) is 2.69. The number of hydrogen-bond donors (Lipinski definition) is 2. The molecule has 0 aliphatic carbocycles. The fraction of sp³-hybridized carbons (Fsp3) is 0.412. The largest absolute Gasteiger partial charge is 0.361 e. The van der Waals surface area contributed by atoms with Crippen LogP contribution in [0.4, 0.5) is 4.79 Å². The summed E-state index contributed by atoms with van der Waals surface area (Å²) >= 11 is 12.1. The fourth-order valence-corrected chi connectivity index (χ4v) is 3.12. The van der Waals surface area contributed by atoms with E-state index < -0.39 is 0 Å². The highest BCUT2D eigenvalue weighted by Crippen LogP contribution is 2.26. The first-order valence-electron chi connectivity index (χ1n) is 7.71. The zero-order valence-corrected chi connectivity index (χ0v) is 15.6. The summed E-state index contributed by atoms with van der Waals surface area (Å²) in [5.74, 6) is 0.780. The van der Waals surface area contributed by atoms with Crippen LogP contribution in [-0.2, 0) is 6.42 Å². The maximum atomic E-state index is 12.2. The summed E-state index contributed by atoms with van der Waals surface area (Å²) in [6.45, 7) is 7.56. The van der Waals surface area contributed by atoms with Gasteiger partial charge in [-0.3, -0.25) is 0 Å². The number of rotatable bonds is 5.